The highest BCUT2D eigenvalue weighted by atomic mass is 32.9. The molecule has 0 rings (SSSR count). The largest absolute Gasteiger partial charge is 0.495 e. The van der Waals surface area contributed by atoms with Gasteiger partial charge >= 0.3 is 11.9 Å². The van der Waals surface area contributed by atoms with E-state index >= 15 is 0 Å². The molecule has 4 unspecified atom stereocenters. The van der Waals surface area contributed by atoms with E-state index in [4.69, 9.17) is 42.1 Å². The molecule has 14 heteroatoms. The van der Waals surface area contributed by atoms with Crippen molar-refractivity contribution in [3.05, 3.63) is 24.7 Å². The quantitative estimate of drug-likeness (QED) is 0.0346. The van der Waals surface area contributed by atoms with Crippen molar-refractivity contribution in [1.82, 2.24) is 0 Å². The molecular weight excluding hydrogens is 871 g/mol. The standard InChI is InChI=1S/C46H88O8P2S4/c1-9-11-13-15-17-19-21-23-25-27-37-51-45(7,35-29-31-41(3)4)39-59-55(49,57)53-43(47)33-34-44(48)54-56(50,58)60-40-46(8,36-30-32-42(5)6)52-38-28-26-24-22-20-18-16-14-12-10-2/h27-28,37-38,41-42H,9-26,29-36,39-40H2,1-8H3,(H,49,57)(H,50,58). The zero-order valence-electron chi connectivity index (χ0n) is 39.1. The third-order valence-corrected chi connectivity index (χ3v) is 18.9. The van der Waals surface area contributed by atoms with E-state index in [-0.39, 0.29) is 12.8 Å². The third kappa shape index (κ3) is 37.3. The van der Waals surface area contributed by atoms with E-state index in [0.29, 0.717) is 23.3 Å². The van der Waals surface area contributed by atoms with Gasteiger partial charge in [0.15, 0.2) is 0 Å². The van der Waals surface area contributed by atoms with Crippen LogP contribution in [0, 0.1) is 11.8 Å². The number of hydrogen-bond acceptors (Lipinski definition) is 10. The Bertz CT molecular complexity index is 1170. The fraction of sp³-hybridized carbons (Fsp3) is 0.870. The lowest BCUT2D eigenvalue weighted by atomic mass is 9.97. The molecule has 0 aliphatic carbocycles. The Kier molecular flexibility index (Phi) is 36.2. The van der Waals surface area contributed by atoms with Gasteiger partial charge in [-0.2, -0.15) is 0 Å². The number of carbonyl (C=O) groups excluding carboxylic acids is 2. The Labute approximate surface area is 386 Å². The Hall–Kier alpha value is -0.0600. The smallest absolute Gasteiger partial charge is 0.311 e. The molecule has 0 aromatic rings. The summed E-state index contributed by atoms with van der Waals surface area (Å²) in [7, 11) is 0. The minimum atomic E-state index is -3.58. The van der Waals surface area contributed by atoms with E-state index in [1.54, 1.807) is 12.5 Å². The first-order chi connectivity index (χ1) is 28.4. The molecule has 0 aliphatic heterocycles. The van der Waals surface area contributed by atoms with Crippen molar-refractivity contribution in [1.29, 1.82) is 0 Å². The Morgan fingerprint density at radius 1 is 0.567 bits per heavy atom. The maximum Gasteiger partial charge on any atom is 0.311 e. The Morgan fingerprint density at radius 2 is 0.883 bits per heavy atom. The normalized spacial score (nSPS) is 16.1. The molecule has 0 fully saturated rings. The average molecular weight is 959 g/mol. The minimum Gasteiger partial charge on any atom is -0.495 e. The number of rotatable bonds is 41. The third-order valence-electron chi connectivity index (χ3n) is 10.4. The van der Waals surface area contributed by atoms with Crippen molar-refractivity contribution in [3.63, 3.8) is 0 Å². The van der Waals surface area contributed by atoms with Crippen LogP contribution < -0.4 is 0 Å². The topological polar surface area (TPSA) is 112 Å². The predicted octanol–water partition coefficient (Wildman–Crippen LogP) is 16.0. The lowest BCUT2D eigenvalue weighted by Gasteiger charge is -2.30. The number of carbonyl (C=O) groups is 2. The van der Waals surface area contributed by atoms with Gasteiger partial charge in [-0.3, -0.25) is 9.59 Å². The summed E-state index contributed by atoms with van der Waals surface area (Å²) in [5.41, 5.74) is -8.36. The zero-order valence-corrected chi connectivity index (χ0v) is 44.2. The first-order valence-electron chi connectivity index (χ1n) is 23.4. The fourth-order valence-electron chi connectivity index (χ4n) is 6.49. The number of hydrogen-bond donors (Lipinski definition) is 2. The van der Waals surface area contributed by atoms with Gasteiger partial charge in [0.05, 0.1) is 25.4 Å². The van der Waals surface area contributed by atoms with E-state index in [1.807, 2.05) is 13.8 Å². The van der Waals surface area contributed by atoms with Gasteiger partial charge < -0.3 is 28.3 Å². The molecule has 354 valence electrons. The predicted molar refractivity (Wildman–Crippen MR) is 268 cm³/mol. The second-order valence-electron chi connectivity index (χ2n) is 17.9. The molecule has 0 radical (unpaired) electrons. The molecule has 8 nitrogen and oxygen atoms in total. The summed E-state index contributed by atoms with van der Waals surface area (Å²) in [5, 5.41) is 0. The zero-order chi connectivity index (χ0) is 45.2. The van der Waals surface area contributed by atoms with Crippen LogP contribution in [0.5, 0.6) is 0 Å². The lowest BCUT2D eigenvalue weighted by molar-refractivity contribution is -0.140. The van der Waals surface area contributed by atoms with Gasteiger partial charge in [-0.1, -0.05) is 167 Å². The molecule has 0 aromatic heterocycles. The van der Waals surface area contributed by atoms with Gasteiger partial charge in [-0.25, -0.2) is 0 Å². The maximum atomic E-state index is 12.7. The molecule has 4 atom stereocenters. The summed E-state index contributed by atoms with van der Waals surface area (Å²) in [6.45, 7) is 17.2. The van der Waals surface area contributed by atoms with Crippen molar-refractivity contribution in [3.8, 4) is 0 Å². The Balaban J connectivity index is 4.97. The fourth-order valence-corrected chi connectivity index (χ4v) is 13.5. The SMILES string of the molecule is CCCCCCCCCCC=COC(C)(CCCC(C)C)CSP(O)(=S)OC(=O)CCC(=O)OP(O)(=S)SCC(C)(CCCC(C)C)OC=CCCCCCCCCCC. The van der Waals surface area contributed by atoms with Gasteiger partial charge in [-0.05, 0) is 113 Å². The molecule has 0 saturated carbocycles. The van der Waals surface area contributed by atoms with Crippen molar-refractivity contribution >= 4 is 69.7 Å². The maximum absolute atomic E-state index is 12.7. The molecule has 60 heavy (non-hydrogen) atoms. The summed E-state index contributed by atoms with van der Waals surface area (Å²) in [6.07, 6.45) is 34.8. The van der Waals surface area contributed by atoms with Gasteiger partial charge in [0.2, 0.25) is 0 Å². The van der Waals surface area contributed by atoms with Crippen LogP contribution in [0.4, 0.5) is 0 Å². The molecule has 0 aliphatic rings. The van der Waals surface area contributed by atoms with Crippen LogP contribution >= 0.6 is 34.2 Å². The van der Waals surface area contributed by atoms with E-state index in [0.717, 1.165) is 87.0 Å². The van der Waals surface area contributed by atoms with Gasteiger partial charge in [0.25, 0.3) is 11.4 Å². The molecule has 0 aromatic carbocycles. The molecule has 0 saturated heterocycles. The second-order valence-corrected chi connectivity index (χ2v) is 30.1. The van der Waals surface area contributed by atoms with Crippen LogP contribution in [-0.2, 0) is 51.7 Å². The van der Waals surface area contributed by atoms with Crippen LogP contribution in [-0.4, -0.2) is 44.4 Å². The minimum absolute atomic E-state index is 0.343. The van der Waals surface area contributed by atoms with Gasteiger partial charge in [0.1, 0.15) is 11.2 Å². The van der Waals surface area contributed by atoms with Crippen molar-refractivity contribution < 1.29 is 37.9 Å². The first kappa shape index (κ1) is 59.9. The highest BCUT2D eigenvalue weighted by molar-refractivity contribution is 8.68. The second kappa shape index (κ2) is 36.2. The summed E-state index contributed by atoms with van der Waals surface area (Å²) in [5.74, 6) is 0.196. The summed E-state index contributed by atoms with van der Waals surface area (Å²) < 4.78 is 23.1. The van der Waals surface area contributed by atoms with E-state index in [2.05, 4.69) is 53.7 Å². The molecular formula is C46H88O8P2S4. The number of unbranched alkanes of at least 4 members (excludes halogenated alkanes) is 16. The van der Waals surface area contributed by atoms with Crippen LogP contribution in [0.25, 0.3) is 0 Å². The van der Waals surface area contributed by atoms with Crippen LogP contribution in [0.2, 0.25) is 0 Å². The van der Waals surface area contributed by atoms with Crippen molar-refractivity contribution in [2.24, 2.45) is 11.8 Å². The van der Waals surface area contributed by atoms with Crippen LogP contribution in [0.1, 0.15) is 222 Å². The molecule has 0 bridgehead atoms. The van der Waals surface area contributed by atoms with Gasteiger partial charge in [-0.15, -0.1) is 0 Å². The van der Waals surface area contributed by atoms with E-state index < -0.39 is 34.5 Å². The summed E-state index contributed by atoms with van der Waals surface area (Å²) >= 11 is 12.8. The van der Waals surface area contributed by atoms with Crippen molar-refractivity contribution in [2.45, 2.75) is 234 Å². The number of allylic oxidation sites excluding steroid dienone is 2. The average Bonchev–Trinajstić information content (AvgIpc) is 3.16. The monoisotopic (exact) mass is 958 g/mol. The highest BCUT2D eigenvalue weighted by Crippen LogP contribution is 2.59. The van der Waals surface area contributed by atoms with E-state index in [1.165, 1.54) is 89.9 Å². The first-order valence-corrected chi connectivity index (χ1v) is 31.9. The van der Waals surface area contributed by atoms with Crippen LogP contribution in [0.3, 0.4) is 0 Å². The summed E-state index contributed by atoms with van der Waals surface area (Å²) in [4.78, 5) is 47.4. The molecule has 0 amide bonds. The van der Waals surface area contributed by atoms with Crippen LogP contribution in [0.15, 0.2) is 24.7 Å². The lowest BCUT2D eigenvalue weighted by Crippen LogP contribution is -2.30. The Morgan fingerprint density at radius 3 is 1.20 bits per heavy atom. The van der Waals surface area contributed by atoms with E-state index in [9.17, 15) is 19.4 Å². The molecule has 0 heterocycles. The van der Waals surface area contributed by atoms with Gasteiger partial charge in [0, 0.05) is 11.5 Å². The molecule has 2 N–H and O–H groups in total. The highest BCUT2D eigenvalue weighted by Gasteiger charge is 2.32. The van der Waals surface area contributed by atoms with Crippen molar-refractivity contribution in [2.75, 3.05) is 11.5 Å². The number of ether oxygens (including phenoxy) is 2. The summed E-state index contributed by atoms with van der Waals surface area (Å²) in [6, 6.07) is 0. The molecule has 0 spiro atoms.